The van der Waals surface area contributed by atoms with E-state index >= 15 is 0 Å². The van der Waals surface area contributed by atoms with Crippen molar-refractivity contribution in [2.75, 3.05) is 13.2 Å². The van der Waals surface area contributed by atoms with E-state index in [0.29, 0.717) is 5.92 Å². The van der Waals surface area contributed by atoms with Crippen molar-refractivity contribution in [3.63, 3.8) is 0 Å². The lowest BCUT2D eigenvalue weighted by atomic mass is 10.0. The second-order valence-electron chi connectivity index (χ2n) is 4.83. The van der Waals surface area contributed by atoms with Gasteiger partial charge in [-0.05, 0) is 32.2 Å². The molecule has 0 bridgehead atoms. The van der Waals surface area contributed by atoms with E-state index in [1.807, 2.05) is 6.20 Å². The molecule has 1 aromatic heterocycles. The molecular weight excluding hydrogens is 216 g/mol. The average Bonchev–Trinajstić information content (AvgIpc) is 2.93. The smallest absolute Gasteiger partial charge is 0.211 e. The Morgan fingerprint density at radius 1 is 1.59 bits per heavy atom. The lowest BCUT2D eigenvalue weighted by Gasteiger charge is -2.11. The first kappa shape index (κ1) is 12.6. The van der Waals surface area contributed by atoms with Crippen molar-refractivity contribution in [1.29, 1.82) is 0 Å². The van der Waals surface area contributed by atoms with E-state index < -0.39 is 0 Å². The van der Waals surface area contributed by atoms with Gasteiger partial charge < -0.3 is 14.5 Å². The van der Waals surface area contributed by atoms with Crippen molar-refractivity contribution in [1.82, 2.24) is 10.3 Å². The van der Waals surface area contributed by atoms with Crippen LogP contribution in [0.2, 0.25) is 0 Å². The van der Waals surface area contributed by atoms with Crippen LogP contribution in [-0.4, -0.2) is 18.1 Å². The molecule has 1 aromatic rings. The maximum absolute atomic E-state index is 5.80. The molecule has 2 heterocycles. The normalized spacial score (nSPS) is 26.3. The highest BCUT2D eigenvalue weighted by Crippen LogP contribution is 2.34. The van der Waals surface area contributed by atoms with Gasteiger partial charge in [0.2, 0.25) is 5.89 Å². The van der Waals surface area contributed by atoms with Gasteiger partial charge in [0.05, 0.1) is 12.2 Å². The minimum Gasteiger partial charge on any atom is -0.441 e. The summed E-state index contributed by atoms with van der Waals surface area (Å²) in [4.78, 5) is 4.34. The molecule has 0 radical (unpaired) electrons. The maximum Gasteiger partial charge on any atom is 0.211 e. The molecule has 0 amide bonds. The highest BCUT2D eigenvalue weighted by molar-refractivity contribution is 5.03. The van der Waals surface area contributed by atoms with Crippen molar-refractivity contribution in [2.45, 2.75) is 45.8 Å². The van der Waals surface area contributed by atoms with Gasteiger partial charge in [-0.15, -0.1) is 0 Å². The van der Waals surface area contributed by atoms with E-state index in [-0.39, 0.29) is 12.1 Å². The molecule has 0 aromatic carbocycles. The molecule has 17 heavy (non-hydrogen) atoms. The lowest BCUT2D eigenvalue weighted by Crippen LogP contribution is -2.19. The first-order valence-electron chi connectivity index (χ1n) is 6.53. The molecule has 0 saturated carbocycles. The minimum absolute atomic E-state index is 0.0922. The van der Waals surface area contributed by atoms with E-state index in [2.05, 4.69) is 31.1 Å². The fourth-order valence-electron chi connectivity index (χ4n) is 2.14. The molecule has 1 aliphatic rings. The Balaban J connectivity index is 2.00. The standard InChI is InChI=1S/C13H22N2O2/c1-4-6-14-10(3)13-15-8-11(17-13)12-9(2)5-7-16-12/h8-10,12,14H,4-7H2,1-3H3. The van der Waals surface area contributed by atoms with Crippen LogP contribution in [0.3, 0.4) is 0 Å². The third kappa shape index (κ3) is 2.87. The molecular formula is C13H22N2O2. The summed E-state index contributed by atoms with van der Waals surface area (Å²) in [6.07, 6.45) is 4.12. The summed E-state index contributed by atoms with van der Waals surface area (Å²) in [5.41, 5.74) is 0. The van der Waals surface area contributed by atoms with Crippen molar-refractivity contribution < 1.29 is 9.15 Å². The zero-order chi connectivity index (χ0) is 12.3. The van der Waals surface area contributed by atoms with Crippen LogP contribution in [0.25, 0.3) is 0 Å². The second-order valence-corrected chi connectivity index (χ2v) is 4.83. The molecule has 4 nitrogen and oxygen atoms in total. The summed E-state index contributed by atoms with van der Waals surface area (Å²) >= 11 is 0. The SMILES string of the molecule is CCCNC(C)c1ncc(C2OCCC2C)o1. The van der Waals surface area contributed by atoms with E-state index in [1.54, 1.807) is 0 Å². The fraction of sp³-hybridized carbons (Fsp3) is 0.769. The summed E-state index contributed by atoms with van der Waals surface area (Å²) in [7, 11) is 0. The number of hydrogen-bond donors (Lipinski definition) is 1. The van der Waals surface area contributed by atoms with Crippen LogP contribution < -0.4 is 5.32 Å². The Morgan fingerprint density at radius 2 is 2.41 bits per heavy atom. The first-order chi connectivity index (χ1) is 8.22. The van der Waals surface area contributed by atoms with Gasteiger partial charge in [-0.3, -0.25) is 0 Å². The number of hydrogen-bond acceptors (Lipinski definition) is 4. The van der Waals surface area contributed by atoms with Gasteiger partial charge in [-0.1, -0.05) is 13.8 Å². The van der Waals surface area contributed by atoms with E-state index in [1.165, 1.54) is 0 Å². The third-order valence-corrected chi connectivity index (χ3v) is 3.28. The Bertz CT molecular complexity index is 351. The van der Waals surface area contributed by atoms with Crippen LogP contribution in [-0.2, 0) is 4.74 Å². The van der Waals surface area contributed by atoms with Crippen molar-refractivity contribution >= 4 is 0 Å². The van der Waals surface area contributed by atoms with Gasteiger partial charge in [-0.25, -0.2) is 4.98 Å². The van der Waals surface area contributed by atoms with Gasteiger partial charge in [-0.2, -0.15) is 0 Å². The zero-order valence-electron chi connectivity index (χ0n) is 10.9. The first-order valence-corrected chi connectivity index (χ1v) is 6.53. The number of oxazole rings is 1. The van der Waals surface area contributed by atoms with Crippen LogP contribution >= 0.6 is 0 Å². The molecule has 96 valence electrons. The third-order valence-electron chi connectivity index (χ3n) is 3.28. The summed E-state index contributed by atoms with van der Waals surface area (Å²) in [6.45, 7) is 8.22. The van der Waals surface area contributed by atoms with Gasteiger partial charge in [0.15, 0.2) is 5.76 Å². The largest absolute Gasteiger partial charge is 0.441 e. The average molecular weight is 238 g/mol. The topological polar surface area (TPSA) is 47.3 Å². The highest BCUT2D eigenvalue weighted by atomic mass is 16.5. The molecule has 3 atom stereocenters. The molecule has 4 heteroatoms. The molecule has 1 saturated heterocycles. The predicted molar refractivity (Wildman–Crippen MR) is 65.7 cm³/mol. The fourth-order valence-corrected chi connectivity index (χ4v) is 2.14. The van der Waals surface area contributed by atoms with Crippen LogP contribution in [0, 0.1) is 5.92 Å². The predicted octanol–water partition coefficient (Wildman–Crippen LogP) is 2.83. The Morgan fingerprint density at radius 3 is 3.06 bits per heavy atom. The number of nitrogens with zero attached hydrogens (tertiary/aromatic N) is 1. The molecule has 0 aliphatic carbocycles. The number of aromatic nitrogens is 1. The molecule has 2 rings (SSSR count). The summed E-state index contributed by atoms with van der Waals surface area (Å²) in [5, 5.41) is 3.37. The summed E-state index contributed by atoms with van der Waals surface area (Å²) in [5.74, 6) is 2.15. The lowest BCUT2D eigenvalue weighted by molar-refractivity contribution is 0.0744. The van der Waals surface area contributed by atoms with Crippen LogP contribution in [0.5, 0.6) is 0 Å². The summed E-state index contributed by atoms with van der Waals surface area (Å²) in [6, 6.07) is 0.167. The van der Waals surface area contributed by atoms with Crippen molar-refractivity contribution in [3.8, 4) is 0 Å². The zero-order valence-corrected chi connectivity index (χ0v) is 10.9. The Kier molecular flexibility index (Phi) is 4.18. The molecule has 1 N–H and O–H groups in total. The Labute approximate surface area is 103 Å². The van der Waals surface area contributed by atoms with Gasteiger partial charge in [0.1, 0.15) is 6.10 Å². The van der Waals surface area contributed by atoms with Crippen LogP contribution in [0.1, 0.15) is 57.4 Å². The molecule has 1 fully saturated rings. The monoisotopic (exact) mass is 238 g/mol. The summed E-state index contributed by atoms with van der Waals surface area (Å²) < 4.78 is 11.5. The molecule has 0 spiro atoms. The second kappa shape index (κ2) is 5.65. The quantitative estimate of drug-likeness (QED) is 0.857. The van der Waals surface area contributed by atoms with Gasteiger partial charge in [0.25, 0.3) is 0 Å². The minimum atomic E-state index is 0.0922. The van der Waals surface area contributed by atoms with Crippen LogP contribution in [0.15, 0.2) is 10.6 Å². The van der Waals surface area contributed by atoms with Crippen molar-refractivity contribution in [3.05, 3.63) is 17.8 Å². The maximum atomic E-state index is 5.80. The number of rotatable bonds is 5. The number of ether oxygens (including phenoxy) is 1. The number of nitrogens with one attached hydrogen (secondary N) is 1. The van der Waals surface area contributed by atoms with Crippen LogP contribution in [0.4, 0.5) is 0 Å². The molecule has 3 unspecified atom stereocenters. The van der Waals surface area contributed by atoms with E-state index in [0.717, 1.165) is 37.6 Å². The van der Waals surface area contributed by atoms with Gasteiger partial charge >= 0.3 is 0 Å². The highest BCUT2D eigenvalue weighted by Gasteiger charge is 2.29. The van der Waals surface area contributed by atoms with Crippen molar-refractivity contribution in [2.24, 2.45) is 5.92 Å². The van der Waals surface area contributed by atoms with E-state index in [4.69, 9.17) is 9.15 Å². The molecule has 1 aliphatic heterocycles. The van der Waals surface area contributed by atoms with Gasteiger partial charge in [0, 0.05) is 6.61 Å². The van der Waals surface area contributed by atoms with E-state index in [9.17, 15) is 0 Å². The Hall–Kier alpha value is -0.870.